The fraction of sp³-hybridized carbons (Fsp3) is 0.211. The fourth-order valence-corrected chi connectivity index (χ4v) is 3.28. The third kappa shape index (κ3) is 3.20. The minimum atomic E-state index is -0.487. The van der Waals surface area contributed by atoms with Crippen molar-refractivity contribution in [1.82, 2.24) is 15.0 Å². The van der Waals surface area contributed by atoms with Crippen molar-refractivity contribution < 1.29 is 13.7 Å². The Hall–Kier alpha value is -2.73. The largest absolute Gasteiger partial charge is 0.338 e. The molecular formula is C19H15ClFN3O2. The van der Waals surface area contributed by atoms with Gasteiger partial charge in [0.15, 0.2) is 5.82 Å². The summed E-state index contributed by atoms with van der Waals surface area (Å²) in [6.45, 7) is 0.977. The van der Waals surface area contributed by atoms with Crippen LogP contribution in [0.1, 0.15) is 28.5 Å². The third-order valence-electron chi connectivity index (χ3n) is 4.46. The molecule has 4 rings (SSSR count). The number of carbonyl (C=O) groups excluding carboxylic acids is 1. The zero-order valence-corrected chi connectivity index (χ0v) is 14.5. The van der Waals surface area contributed by atoms with Gasteiger partial charge in [-0.1, -0.05) is 35.0 Å². The van der Waals surface area contributed by atoms with E-state index in [0.29, 0.717) is 31.2 Å². The Kier molecular flexibility index (Phi) is 4.42. The van der Waals surface area contributed by atoms with Crippen molar-refractivity contribution in [3.05, 3.63) is 70.8 Å². The van der Waals surface area contributed by atoms with Crippen LogP contribution in [0, 0.1) is 5.82 Å². The number of likely N-dealkylation sites (tertiary alicyclic amines) is 1. The first-order chi connectivity index (χ1) is 12.6. The highest BCUT2D eigenvalue weighted by Crippen LogP contribution is 2.29. The molecule has 0 aliphatic carbocycles. The Bertz CT molecular complexity index is 945. The summed E-state index contributed by atoms with van der Waals surface area (Å²) >= 11 is 6.04. The lowest BCUT2D eigenvalue weighted by Crippen LogP contribution is -2.28. The van der Waals surface area contributed by atoms with E-state index in [9.17, 15) is 9.18 Å². The molecule has 2 heterocycles. The summed E-state index contributed by atoms with van der Waals surface area (Å²) in [5.41, 5.74) is 1.02. The maximum absolute atomic E-state index is 13.4. The third-order valence-corrected chi connectivity index (χ3v) is 4.79. The molecule has 1 aliphatic rings. The van der Waals surface area contributed by atoms with E-state index in [1.54, 1.807) is 4.90 Å². The maximum atomic E-state index is 13.4. The lowest BCUT2D eigenvalue weighted by molar-refractivity contribution is 0.0790. The number of halogens is 2. The molecule has 0 saturated carbocycles. The summed E-state index contributed by atoms with van der Waals surface area (Å²) in [7, 11) is 0. The lowest BCUT2D eigenvalue weighted by Gasteiger charge is -2.16. The molecule has 1 amide bonds. The molecule has 0 radical (unpaired) electrons. The van der Waals surface area contributed by atoms with Crippen LogP contribution < -0.4 is 0 Å². The molecule has 1 fully saturated rings. The summed E-state index contributed by atoms with van der Waals surface area (Å²) in [6, 6.07) is 13.3. The van der Waals surface area contributed by atoms with Gasteiger partial charge in [0.2, 0.25) is 0 Å². The second kappa shape index (κ2) is 6.88. The van der Waals surface area contributed by atoms with Crippen LogP contribution >= 0.6 is 11.6 Å². The molecule has 26 heavy (non-hydrogen) atoms. The smallest absolute Gasteiger partial charge is 0.257 e. The minimum absolute atomic E-state index is 0.0208. The fourth-order valence-electron chi connectivity index (χ4n) is 3.09. The van der Waals surface area contributed by atoms with Gasteiger partial charge in [-0.05, 0) is 36.8 Å². The van der Waals surface area contributed by atoms with Gasteiger partial charge in [-0.2, -0.15) is 4.98 Å². The van der Waals surface area contributed by atoms with Crippen molar-refractivity contribution in [2.75, 3.05) is 13.1 Å². The number of aromatic nitrogens is 2. The van der Waals surface area contributed by atoms with Gasteiger partial charge < -0.3 is 9.42 Å². The molecule has 132 valence electrons. The maximum Gasteiger partial charge on any atom is 0.257 e. The first-order valence-electron chi connectivity index (χ1n) is 8.25. The molecule has 5 nitrogen and oxygen atoms in total. The van der Waals surface area contributed by atoms with E-state index in [2.05, 4.69) is 10.1 Å². The van der Waals surface area contributed by atoms with Crippen molar-refractivity contribution in [1.29, 1.82) is 0 Å². The highest BCUT2D eigenvalue weighted by atomic mass is 35.5. The highest BCUT2D eigenvalue weighted by Gasteiger charge is 2.32. The van der Waals surface area contributed by atoms with Gasteiger partial charge in [-0.25, -0.2) is 4.39 Å². The van der Waals surface area contributed by atoms with Gasteiger partial charge in [-0.15, -0.1) is 0 Å². The van der Waals surface area contributed by atoms with E-state index in [4.69, 9.17) is 16.1 Å². The number of hydrogen-bond donors (Lipinski definition) is 0. The first-order valence-corrected chi connectivity index (χ1v) is 8.63. The van der Waals surface area contributed by atoms with Crippen LogP contribution in [0.2, 0.25) is 5.02 Å². The zero-order valence-electron chi connectivity index (χ0n) is 13.7. The van der Waals surface area contributed by atoms with Crippen LogP contribution in [-0.4, -0.2) is 34.0 Å². The van der Waals surface area contributed by atoms with E-state index in [1.807, 2.05) is 30.3 Å². The molecule has 2 aromatic carbocycles. The number of hydrogen-bond acceptors (Lipinski definition) is 4. The quantitative estimate of drug-likeness (QED) is 0.693. The van der Waals surface area contributed by atoms with Crippen molar-refractivity contribution in [3.63, 3.8) is 0 Å². The van der Waals surface area contributed by atoms with Crippen LogP contribution in [0.15, 0.2) is 53.1 Å². The van der Waals surface area contributed by atoms with Crippen LogP contribution in [0.25, 0.3) is 11.5 Å². The number of amides is 1. The molecule has 3 aromatic rings. The van der Waals surface area contributed by atoms with Crippen molar-refractivity contribution in [3.8, 4) is 11.5 Å². The van der Waals surface area contributed by atoms with E-state index < -0.39 is 5.82 Å². The summed E-state index contributed by atoms with van der Waals surface area (Å²) in [5.74, 6) is 0.235. The minimum Gasteiger partial charge on any atom is -0.338 e. The van der Waals surface area contributed by atoms with Crippen molar-refractivity contribution >= 4 is 17.5 Å². The van der Waals surface area contributed by atoms with Crippen LogP contribution in [0.4, 0.5) is 4.39 Å². The van der Waals surface area contributed by atoms with Gasteiger partial charge >= 0.3 is 0 Å². The lowest BCUT2D eigenvalue weighted by atomic mass is 10.1. The highest BCUT2D eigenvalue weighted by molar-refractivity contribution is 6.33. The van der Waals surface area contributed by atoms with Gasteiger partial charge in [0.05, 0.1) is 10.6 Å². The number of rotatable bonds is 3. The predicted octanol–water partition coefficient (Wildman–Crippen LogP) is 4.16. The normalized spacial score (nSPS) is 16.8. The van der Waals surface area contributed by atoms with Crippen molar-refractivity contribution in [2.45, 2.75) is 12.3 Å². The molecule has 1 unspecified atom stereocenters. The van der Waals surface area contributed by atoms with Gasteiger partial charge in [0.1, 0.15) is 5.82 Å². The molecule has 0 N–H and O–H groups in total. The molecule has 1 aliphatic heterocycles. The molecule has 1 aromatic heterocycles. The summed E-state index contributed by atoms with van der Waals surface area (Å²) in [5, 5.41) is 4.30. The average molecular weight is 372 g/mol. The summed E-state index contributed by atoms with van der Waals surface area (Å²) < 4.78 is 18.8. The zero-order chi connectivity index (χ0) is 18.1. The van der Waals surface area contributed by atoms with Gasteiger partial charge in [0, 0.05) is 24.6 Å². The average Bonchev–Trinajstić information content (AvgIpc) is 3.33. The van der Waals surface area contributed by atoms with Crippen LogP contribution in [-0.2, 0) is 0 Å². The van der Waals surface area contributed by atoms with E-state index in [-0.39, 0.29) is 22.4 Å². The Morgan fingerprint density at radius 2 is 2.04 bits per heavy atom. The molecular weight excluding hydrogens is 357 g/mol. The Balaban J connectivity index is 1.50. The van der Waals surface area contributed by atoms with Crippen LogP contribution in [0.5, 0.6) is 0 Å². The second-order valence-corrected chi connectivity index (χ2v) is 6.59. The Morgan fingerprint density at radius 1 is 1.23 bits per heavy atom. The molecule has 0 bridgehead atoms. The topological polar surface area (TPSA) is 59.2 Å². The van der Waals surface area contributed by atoms with Crippen LogP contribution in [0.3, 0.4) is 0 Å². The first kappa shape index (κ1) is 16.7. The number of carbonyl (C=O) groups is 1. The number of benzene rings is 2. The van der Waals surface area contributed by atoms with E-state index >= 15 is 0 Å². The SMILES string of the molecule is O=C(c1cc(F)ccc1Cl)N1CCC(c2noc(-c3ccccc3)n2)C1. The van der Waals surface area contributed by atoms with Gasteiger partial charge in [0.25, 0.3) is 11.8 Å². The van der Waals surface area contributed by atoms with E-state index in [0.717, 1.165) is 5.56 Å². The Morgan fingerprint density at radius 3 is 2.85 bits per heavy atom. The Labute approximate surface area is 154 Å². The molecule has 1 atom stereocenters. The molecule has 7 heteroatoms. The second-order valence-electron chi connectivity index (χ2n) is 6.18. The predicted molar refractivity (Wildman–Crippen MR) is 94.4 cm³/mol. The van der Waals surface area contributed by atoms with Crippen molar-refractivity contribution in [2.24, 2.45) is 0 Å². The molecule has 1 saturated heterocycles. The molecule has 0 spiro atoms. The summed E-state index contributed by atoms with van der Waals surface area (Å²) in [4.78, 5) is 18.7. The number of nitrogens with zero attached hydrogens (tertiary/aromatic N) is 3. The standard InChI is InChI=1S/C19H15ClFN3O2/c20-16-7-6-14(21)10-15(16)19(25)24-9-8-13(11-24)17-22-18(26-23-17)12-4-2-1-3-5-12/h1-7,10,13H,8-9,11H2. The van der Waals surface area contributed by atoms with Gasteiger partial charge in [-0.3, -0.25) is 4.79 Å². The summed E-state index contributed by atoms with van der Waals surface area (Å²) in [6.07, 6.45) is 0.715. The monoisotopic (exact) mass is 371 g/mol. The van der Waals surface area contributed by atoms with E-state index in [1.165, 1.54) is 18.2 Å².